The van der Waals surface area contributed by atoms with E-state index in [1.54, 1.807) is 0 Å². The number of carbonyl (C=O) groups is 1. The minimum atomic E-state index is -0.567. The number of likely N-dealkylation sites (N-methyl/N-ethyl adjacent to an activating group) is 1. The van der Waals surface area contributed by atoms with Gasteiger partial charge in [-0.2, -0.15) is 0 Å². The van der Waals surface area contributed by atoms with Crippen LogP contribution in [-0.4, -0.2) is 34.6 Å². The molecule has 0 radical (unpaired) electrons. The molecule has 198 valence electrons. The zero-order chi connectivity index (χ0) is 26.8. The molecule has 1 aliphatic rings. The van der Waals surface area contributed by atoms with Crippen molar-refractivity contribution in [2.45, 2.75) is 99.6 Å². The van der Waals surface area contributed by atoms with Crippen molar-refractivity contribution in [2.75, 3.05) is 13.6 Å². The van der Waals surface area contributed by atoms with E-state index in [1.807, 2.05) is 26.8 Å². The Morgan fingerprint density at radius 2 is 1.89 bits per heavy atom. The molecule has 36 heavy (non-hydrogen) atoms. The van der Waals surface area contributed by atoms with Crippen LogP contribution in [0.4, 0.5) is 0 Å². The van der Waals surface area contributed by atoms with Gasteiger partial charge in [0.15, 0.2) is 0 Å². The van der Waals surface area contributed by atoms with Gasteiger partial charge in [0.2, 0.25) is 0 Å². The number of halogens is 1. The summed E-state index contributed by atoms with van der Waals surface area (Å²) in [5.41, 5.74) is 6.91. The molecule has 0 saturated heterocycles. The van der Waals surface area contributed by atoms with E-state index >= 15 is 0 Å². The lowest BCUT2D eigenvalue weighted by Crippen LogP contribution is -2.26. The van der Waals surface area contributed by atoms with Gasteiger partial charge in [-0.05, 0) is 77.0 Å². The fraction of sp³-hybridized carbons (Fsp3) is 0.581. The number of hydrogen-bond acceptors (Lipinski definition) is 3. The van der Waals surface area contributed by atoms with Crippen LogP contribution in [0, 0.1) is 5.92 Å². The van der Waals surface area contributed by atoms with Gasteiger partial charge in [-0.15, -0.1) is 0 Å². The number of carbonyl (C=O) groups excluding carboxylic acids is 1. The van der Waals surface area contributed by atoms with E-state index in [0.29, 0.717) is 11.6 Å². The number of fused-ring (bicyclic) bond motifs is 1. The third-order valence-corrected chi connectivity index (χ3v) is 7.76. The zero-order valence-corrected chi connectivity index (χ0v) is 24.6. The first-order chi connectivity index (χ1) is 16.9. The van der Waals surface area contributed by atoms with Gasteiger partial charge in [0.25, 0.3) is 0 Å². The summed E-state index contributed by atoms with van der Waals surface area (Å²) in [6, 6.07) is 4.12. The number of rotatable bonds is 9. The largest absolute Gasteiger partial charge is 0.455 e. The number of nitrogens with zero attached hydrogens (tertiary/aromatic N) is 2. The Hall–Kier alpha value is -2.20. The SMILES string of the molecule is CCCCc1c(C(=O)OC(C)(C)C)n(CCC(C)CC)c2c(C3=C(C)N(C)CC=C3C)c(Cl)ccc12. The third-order valence-electron chi connectivity index (χ3n) is 7.44. The van der Waals surface area contributed by atoms with Crippen molar-refractivity contribution >= 4 is 34.0 Å². The first-order valence-electron chi connectivity index (χ1n) is 13.6. The summed E-state index contributed by atoms with van der Waals surface area (Å²) in [6.07, 6.45) is 7.27. The molecule has 0 fully saturated rings. The number of unbranched alkanes of at least 4 members (excludes halogenated alkanes) is 1. The second-order valence-corrected chi connectivity index (χ2v) is 11.8. The standard InChI is InChI=1S/C31H45ClN2O2/c1-10-12-13-23-24-14-15-25(32)27(26-21(4)17-18-33(9)22(26)5)28(24)34(19-16-20(3)11-2)29(23)30(35)36-31(6,7)8/h14-15,17,20H,10-13,16,18-19H2,1-9H3. The van der Waals surface area contributed by atoms with Crippen molar-refractivity contribution in [1.82, 2.24) is 9.47 Å². The van der Waals surface area contributed by atoms with Crippen LogP contribution in [0.5, 0.6) is 0 Å². The van der Waals surface area contributed by atoms with E-state index < -0.39 is 5.60 Å². The van der Waals surface area contributed by atoms with Gasteiger partial charge in [0.05, 0.1) is 10.5 Å². The number of ether oxygens (including phenoxy) is 1. The minimum absolute atomic E-state index is 0.241. The predicted molar refractivity (Wildman–Crippen MR) is 154 cm³/mol. The Balaban J connectivity index is 2.43. The lowest BCUT2D eigenvalue weighted by Gasteiger charge is -2.29. The van der Waals surface area contributed by atoms with Gasteiger partial charge in [0, 0.05) is 42.4 Å². The van der Waals surface area contributed by atoms with Crippen LogP contribution in [0.2, 0.25) is 5.02 Å². The molecule has 1 atom stereocenters. The van der Waals surface area contributed by atoms with Gasteiger partial charge in [-0.25, -0.2) is 4.79 Å². The smallest absolute Gasteiger partial charge is 0.355 e. The van der Waals surface area contributed by atoms with Crippen LogP contribution in [0.1, 0.15) is 103 Å². The molecule has 3 rings (SSSR count). The number of allylic oxidation sites excluding steroid dienone is 3. The summed E-state index contributed by atoms with van der Waals surface area (Å²) >= 11 is 7.02. The molecule has 0 amide bonds. The van der Waals surface area contributed by atoms with E-state index in [9.17, 15) is 4.79 Å². The van der Waals surface area contributed by atoms with Crippen LogP contribution in [0.3, 0.4) is 0 Å². The number of aromatic nitrogens is 1. The topological polar surface area (TPSA) is 34.5 Å². The highest BCUT2D eigenvalue weighted by Crippen LogP contribution is 2.42. The first-order valence-corrected chi connectivity index (χ1v) is 13.9. The Morgan fingerprint density at radius 1 is 1.19 bits per heavy atom. The van der Waals surface area contributed by atoms with Crippen LogP contribution in [-0.2, 0) is 17.7 Å². The molecule has 0 bridgehead atoms. The Bertz CT molecular complexity index is 1180. The van der Waals surface area contributed by atoms with Crippen molar-refractivity contribution in [1.29, 1.82) is 0 Å². The second kappa shape index (κ2) is 11.5. The van der Waals surface area contributed by atoms with Gasteiger partial charge in [0.1, 0.15) is 11.3 Å². The first kappa shape index (κ1) is 28.4. The van der Waals surface area contributed by atoms with Gasteiger partial charge >= 0.3 is 5.97 Å². The lowest BCUT2D eigenvalue weighted by molar-refractivity contribution is 0.00565. The van der Waals surface area contributed by atoms with Crippen molar-refractivity contribution < 1.29 is 9.53 Å². The van der Waals surface area contributed by atoms with Crippen molar-refractivity contribution in [2.24, 2.45) is 5.92 Å². The summed E-state index contributed by atoms with van der Waals surface area (Å²) in [5, 5.41) is 1.84. The summed E-state index contributed by atoms with van der Waals surface area (Å²) in [5.74, 6) is 0.314. The molecule has 1 aliphatic heterocycles. The normalized spacial score (nSPS) is 15.5. The lowest BCUT2D eigenvalue weighted by atomic mass is 9.91. The van der Waals surface area contributed by atoms with E-state index in [1.165, 1.54) is 16.8 Å². The fourth-order valence-electron chi connectivity index (χ4n) is 5.04. The molecule has 4 nitrogen and oxygen atoms in total. The van der Waals surface area contributed by atoms with E-state index in [-0.39, 0.29) is 5.97 Å². The number of benzene rings is 1. The second-order valence-electron chi connectivity index (χ2n) is 11.4. The van der Waals surface area contributed by atoms with Crippen LogP contribution in [0.25, 0.3) is 16.5 Å². The van der Waals surface area contributed by atoms with E-state index in [2.05, 4.69) is 63.3 Å². The van der Waals surface area contributed by atoms with Crippen molar-refractivity contribution in [3.63, 3.8) is 0 Å². The Morgan fingerprint density at radius 3 is 2.50 bits per heavy atom. The van der Waals surface area contributed by atoms with Gasteiger partial charge in [-0.1, -0.05) is 57.4 Å². The third kappa shape index (κ3) is 5.85. The highest BCUT2D eigenvalue weighted by Gasteiger charge is 2.30. The van der Waals surface area contributed by atoms with Crippen LogP contribution >= 0.6 is 11.6 Å². The molecule has 0 saturated carbocycles. The Labute approximate surface area is 223 Å². The summed E-state index contributed by atoms with van der Waals surface area (Å²) < 4.78 is 8.24. The minimum Gasteiger partial charge on any atom is -0.455 e. The molecule has 2 aromatic rings. The highest BCUT2D eigenvalue weighted by molar-refractivity contribution is 6.34. The predicted octanol–water partition coefficient (Wildman–Crippen LogP) is 8.65. The van der Waals surface area contributed by atoms with Gasteiger partial charge in [-0.3, -0.25) is 0 Å². The van der Waals surface area contributed by atoms with E-state index in [0.717, 1.165) is 72.2 Å². The molecule has 5 heteroatoms. The fourth-order valence-corrected chi connectivity index (χ4v) is 5.29. The van der Waals surface area contributed by atoms with Crippen molar-refractivity contribution in [3.8, 4) is 0 Å². The van der Waals surface area contributed by atoms with Crippen molar-refractivity contribution in [3.05, 3.63) is 51.3 Å². The number of esters is 1. The molecule has 1 aromatic carbocycles. The molecular formula is C31H45ClN2O2. The summed E-state index contributed by atoms with van der Waals surface area (Å²) in [6.45, 7) is 18.5. The molecule has 1 aromatic heterocycles. The number of aryl methyl sites for hydroxylation is 2. The average Bonchev–Trinajstić information content (AvgIpc) is 3.12. The molecular weight excluding hydrogens is 468 g/mol. The quantitative estimate of drug-likeness (QED) is 0.315. The van der Waals surface area contributed by atoms with Gasteiger partial charge < -0.3 is 14.2 Å². The highest BCUT2D eigenvalue weighted by atomic mass is 35.5. The maximum absolute atomic E-state index is 13.8. The maximum Gasteiger partial charge on any atom is 0.355 e. The average molecular weight is 513 g/mol. The monoisotopic (exact) mass is 512 g/mol. The van der Waals surface area contributed by atoms with E-state index in [4.69, 9.17) is 16.3 Å². The van der Waals surface area contributed by atoms with Crippen LogP contribution in [0.15, 0.2) is 29.5 Å². The summed E-state index contributed by atoms with van der Waals surface area (Å²) in [7, 11) is 2.12. The molecule has 0 N–H and O–H groups in total. The molecule has 2 heterocycles. The number of hydrogen-bond donors (Lipinski definition) is 0. The molecule has 1 unspecified atom stereocenters. The molecule has 0 aliphatic carbocycles. The van der Waals surface area contributed by atoms with Crippen LogP contribution < -0.4 is 0 Å². The maximum atomic E-state index is 13.8. The zero-order valence-electron chi connectivity index (χ0n) is 23.8. The molecule has 0 spiro atoms. The summed E-state index contributed by atoms with van der Waals surface area (Å²) in [4.78, 5) is 16.1. The Kier molecular flexibility index (Phi) is 9.03.